The van der Waals surface area contributed by atoms with E-state index in [0.29, 0.717) is 35.1 Å². The molecule has 0 bridgehead atoms. The third kappa shape index (κ3) is 5.47. The van der Waals surface area contributed by atoms with Crippen molar-refractivity contribution in [3.8, 4) is 0 Å². The molecule has 27 heavy (non-hydrogen) atoms. The lowest BCUT2D eigenvalue weighted by atomic mass is 10.1. The Hall–Kier alpha value is -2.03. The molecule has 1 aromatic carbocycles. The highest BCUT2D eigenvalue weighted by Gasteiger charge is 2.21. The summed E-state index contributed by atoms with van der Waals surface area (Å²) in [6, 6.07) is 7.03. The van der Waals surface area contributed by atoms with Gasteiger partial charge in [-0.1, -0.05) is 12.1 Å². The van der Waals surface area contributed by atoms with E-state index in [-0.39, 0.29) is 11.8 Å². The number of thioether (sulfide) groups is 1. The minimum absolute atomic E-state index is 0.197. The molecule has 1 fully saturated rings. The van der Waals surface area contributed by atoms with Gasteiger partial charge in [0.15, 0.2) is 0 Å². The van der Waals surface area contributed by atoms with Crippen molar-refractivity contribution in [3.63, 3.8) is 0 Å². The number of para-hydroxylation sites is 1. The Morgan fingerprint density at radius 3 is 2.70 bits per heavy atom. The maximum atomic E-state index is 12.6. The molecule has 0 radical (unpaired) electrons. The monoisotopic (exact) mass is 391 g/mol. The zero-order chi connectivity index (χ0) is 19.1. The van der Waals surface area contributed by atoms with Gasteiger partial charge in [-0.2, -0.15) is 0 Å². The van der Waals surface area contributed by atoms with Crippen LogP contribution in [0.4, 0.5) is 5.69 Å². The first-order valence-corrected chi connectivity index (χ1v) is 10.1. The van der Waals surface area contributed by atoms with E-state index in [4.69, 9.17) is 9.47 Å². The number of carbonyl (C=O) groups is 2. The molecule has 0 saturated carbocycles. The van der Waals surface area contributed by atoms with Gasteiger partial charge in [-0.15, -0.1) is 11.8 Å². The summed E-state index contributed by atoms with van der Waals surface area (Å²) >= 11 is 1.47. The Kier molecular flexibility index (Phi) is 7.14. The quantitative estimate of drug-likeness (QED) is 0.768. The van der Waals surface area contributed by atoms with Crippen molar-refractivity contribution in [1.29, 1.82) is 0 Å². The van der Waals surface area contributed by atoms with Crippen LogP contribution >= 0.6 is 11.8 Å². The summed E-state index contributed by atoms with van der Waals surface area (Å²) in [6.07, 6.45) is 0. The minimum Gasteiger partial charge on any atom is -0.496 e. The number of amides is 2. The first-order valence-electron chi connectivity index (χ1n) is 9.10. The number of nitrogens with one attached hydrogen (secondary N) is 2. The van der Waals surface area contributed by atoms with Gasteiger partial charge in [0.2, 0.25) is 0 Å². The van der Waals surface area contributed by atoms with Gasteiger partial charge < -0.3 is 20.1 Å². The van der Waals surface area contributed by atoms with Crippen LogP contribution in [0.25, 0.3) is 0 Å². The van der Waals surface area contributed by atoms with Gasteiger partial charge in [-0.3, -0.25) is 14.5 Å². The van der Waals surface area contributed by atoms with Gasteiger partial charge in [-0.05, 0) is 19.1 Å². The second kappa shape index (κ2) is 9.77. The Bertz CT molecular complexity index is 717. The molecule has 0 spiro atoms. The van der Waals surface area contributed by atoms with Gasteiger partial charge in [0.05, 0.1) is 31.1 Å². The molecule has 3 rings (SSSR count). The van der Waals surface area contributed by atoms with E-state index < -0.39 is 0 Å². The van der Waals surface area contributed by atoms with Crippen molar-refractivity contribution in [2.45, 2.75) is 6.92 Å². The molecule has 0 unspecified atom stereocenters. The summed E-state index contributed by atoms with van der Waals surface area (Å²) < 4.78 is 10.8. The molecule has 2 N–H and O–H groups in total. The molecule has 146 valence electrons. The fraction of sp³-hybridized carbons (Fsp3) is 0.474. The highest BCUT2D eigenvalue weighted by Crippen LogP contribution is 2.27. The molecule has 0 aliphatic carbocycles. The lowest BCUT2D eigenvalue weighted by Crippen LogP contribution is -2.41. The van der Waals surface area contributed by atoms with Gasteiger partial charge in [0.1, 0.15) is 10.7 Å². The number of hydrogen-bond acceptors (Lipinski definition) is 6. The highest BCUT2D eigenvalue weighted by atomic mass is 32.2. The van der Waals surface area contributed by atoms with Crippen molar-refractivity contribution in [3.05, 3.63) is 40.5 Å². The molecule has 0 atom stereocenters. The largest absolute Gasteiger partial charge is 0.496 e. The molecule has 2 heterocycles. The Labute approximate surface area is 163 Å². The number of carbonyl (C=O) groups excluding carboxylic acids is 2. The molecule has 1 saturated heterocycles. The average molecular weight is 391 g/mol. The Morgan fingerprint density at radius 1 is 1.15 bits per heavy atom. The smallest absolute Gasteiger partial charge is 0.265 e. The number of hydrogen-bond donors (Lipinski definition) is 2. The second-order valence-corrected chi connectivity index (χ2v) is 7.40. The molecule has 2 aliphatic rings. The first kappa shape index (κ1) is 19.7. The van der Waals surface area contributed by atoms with E-state index in [9.17, 15) is 9.59 Å². The molecule has 7 nitrogen and oxygen atoms in total. The number of allylic oxidation sites excluding steroid dienone is 1. The van der Waals surface area contributed by atoms with E-state index in [1.54, 1.807) is 31.2 Å². The lowest BCUT2D eigenvalue weighted by Gasteiger charge is -2.26. The van der Waals surface area contributed by atoms with Gasteiger partial charge in [0.25, 0.3) is 11.8 Å². The highest BCUT2D eigenvalue weighted by molar-refractivity contribution is 8.04. The van der Waals surface area contributed by atoms with Crippen LogP contribution in [0.3, 0.4) is 0 Å². The van der Waals surface area contributed by atoms with Gasteiger partial charge in [-0.25, -0.2) is 0 Å². The van der Waals surface area contributed by atoms with E-state index in [1.807, 2.05) is 0 Å². The third-order valence-corrected chi connectivity index (χ3v) is 5.54. The number of benzene rings is 1. The summed E-state index contributed by atoms with van der Waals surface area (Å²) in [4.78, 5) is 28.0. The fourth-order valence-corrected chi connectivity index (χ4v) is 3.76. The van der Waals surface area contributed by atoms with Gasteiger partial charge in [0, 0.05) is 31.9 Å². The van der Waals surface area contributed by atoms with Crippen molar-refractivity contribution in [1.82, 2.24) is 10.2 Å². The van der Waals surface area contributed by atoms with Crippen LogP contribution in [0.1, 0.15) is 17.3 Å². The van der Waals surface area contributed by atoms with E-state index >= 15 is 0 Å². The predicted molar refractivity (Wildman–Crippen MR) is 106 cm³/mol. The maximum absolute atomic E-state index is 12.6. The van der Waals surface area contributed by atoms with Crippen LogP contribution in [0.15, 0.2) is 34.9 Å². The number of morpholine rings is 1. The third-order valence-electron chi connectivity index (χ3n) is 4.41. The molecule has 2 amide bonds. The van der Waals surface area contributed by atoms with Crippen molar-refractivity contribution < 1.29 is 19.1 Å². The van der Waals surface area contributed by atoms with Crippen molar-refractivity contribution >= 4 is 29.3 Å². The lowest BCUT2D eigenvalue weighted by molar-refractivity contribution is -0.112. The van der Waals surface area contributed by atoms with E-state index in [1.165, 1.54) is 11.8 Å². The molecule has 0 aromatic heterocycles. The number of anilines is 1. The molecular weight excluding hydrogens is 366 g/mol. The number of rotatable bonds is 6. The number of nitrogens with zero attached hydrogens (tertiary/aromatic N) is 1. The van der Waals surface area contributed by atoms with Crippen LogP contribution in [0, 0.1) is 0 Å². The number of ether oxygens (including phenoxy) is 2. The zero-order valence-corrected chi connectivity index (χ0v) is 16.3. The predicted octanol–water partition coefficient (Wildman–Crippen LogP) is 1.68. The molecule has 2 aliphatic heterocycles. The summed E-state index contributed by atoms with van der Waals surface area (Å²) in [7, 11) is 0. The van der Waals surface area contributed by atoms with Gasteiger partial charge >= 0.3 is 0 Å². The first-order chi connectivity index (χ1) is 13.1. The van der Waals surface area contributed by atoms with Crippen LogP contribution in [-0.2, 0) is 14.3 Å². The summed E-state index contributed by atoms with van der Waals surface area (Å²) in [5.41, 5.74) is 0.950. The summed E-state index contributed by atoms with van der Waals surface area (Å²) in [5.74, 6) is 0.920. The summed E-state index contributed by atoms with van der Waals surface area (Å²) in [5, 5.41) is 5.78. The topological polar surface area (TPSA) is 79.9 Å². The van der Waals surface area contributed by atoms with Crippen molar-refractivity contribution in [2.24, 2.45) is 0 Å². The minimum atomic E-state index is -0.245. The molecule has 1 aromatic rings. The van der Waals surface area contributed by atoms with Crippen LogP contribution in [0.2, 0.25) is 0 Å². The van der Waals surface area contributed by atoms with E-state index in [0.717, 1.165) is 38.6 Å². The molecule has 8 heteroatoms. The van der Waals surface area contributed by atoms with Crippen LogP contribution in [0.5, 0.6) is 0 Å². The van der Waals surface area contributed by atoms with E-state index in [2.05, 4.69) is 15.5 Å². The van der Waals surface area contributed by atoms with Crippen LogP contribution < -0.4 is 10.6 Å². The normalized spacial score (nSPS) is 18.0. The Morgan fingerprint density at radius 2 is 1.93 bits per heavy atom. The average Bonchev–Trinajstić information content (AvgIpc) is 2.69. The van der Waals surface area contributed by atoms with Crippen molar-refractivity contribution in [2.75, 3.05) is 57.1 Å². The zero-order valence-electron chi connectivity index (χ0n) is 15.5. The fourth-order valence-electron chi connectivity index (χ4n) is 2.95. The Balaban J connectivity index is 1.59. The molecular formula is C19H25N3O4S. The van der Waals surface area contributed by atoms with Crippen LogP contribution in [-0.4, -0.2) is 68.5 Å². The second-order valence-electron chi connectivity index (χ2n) is 6.29. The maximum Gasteiger partial charge on any atom is 0.265 e. The SMILES string of the molecule is CC1=C(C(=O)Nc2ccccc2C(=O)NCCN2CCOCC2)SCCO1. The summed E-state index contributed by atoms with van der Waals surface area (Å²) in [6.45, 7) is 6.96. The standard InChI is InChI=1S/C19H25N3O4S/c1-14-17(27-13-12-26-14)19(24)21-16-5-3-2-4-15(16)18(23)20-6-7-22-8-10-25-11-9-22/h2-5H,6-13H2,1H3,(H,20,23)(H,21,24).